The van der Waals surface area contributed by atoms with Crippen LogP contribution in [0.3, 0.4) is 0 Å². The smallest absolute Gasteiger partial charge is 0.0583 e. The minimum Gasteiger partial charge on any atom is -0.393 e. The van der Waals surface area contributed by atoms with Crippen LogP contribution in [0.2, 0.25) is 5.02 Å². The van der Waals surface area contributed by atoms with E-state index in [0.717, 1.165) is 24.3 Å². The SMILES string of the molecule is OC1CCc2ccc(Cl)cc2C1. The van der Waals surface area contributed by atoms with Gasteiger partial charge in [-0.25, -0.2) is 0 Å². The molecule has 0 bridgehead atoms. The average molecular weight is 183 g/mol. The van der Waals surface area contributed by atoms with Gasteiger partial charge in [0.05, 0.1) is 6.10 Å². The average Bonchev–Trinajstić information content (AvgIpc) is 2.03. The number of hydrogen-bond acceptors (Lipinski definition) is 1. The Balaban J connectivity index is 2.37. The number of hydrogen-bond donors (Lipinski definition) is 1. The monoisotopic (exact) mass is 182 g/mol. The molecule has 1 aliphatic rings. The van der Waals surface area contributed by atoms with Crippen LogP contribution in [0.15, 0.2) is 18.2 Å². The summed E-state index contributed by atoms with van der Waals surface area (Å²) in [6.45, 7) is 0. The van der Waals surface area contributed by atoms with Crippen LogP contribution in [0.1, 0.15) is 17.5 Å². The van der Waals surface area contributed by atoms with Crippen molar-refractivity contribution in [2.75, 3.05) is 0 Å². The van der Waals surface area contributed by atoms with Gasteiger partial charge in [-0.3, -0.25) is 0 Å². The highest BCUT2D eigenvalue weighted by Gasteiger charge is 2.15. The molecule has 1 nitrogen and oxygen atoms in total. The summed E-state index contributed by atoms with van der Waals surface area (Å²) in [7, 11) is 0. The van der Waals surface area contributed by atoms with Gasteiger partial charge in [0, 0.05) is 5.02 Å². The molecule has 1 atom stereocenters. The largest absolute Gasteiger partial charge is 0.393 e. The summed E-state index contributed by atoms with van der Waals surface area (Å²) in [5.41, 5.74) is 2.55. The Bertz CT molecular complexity index is 296. The molecule has 2 rings (SSSR count). The highest BCUT2D eigenvalue weighted by atomic mass is 35.5. The number of aliphatic hydroxyl groups is 1. The van der Waals surface area contributed by atoms with Crippen LogP contribution in [0.4, 0.5) is 0 Å². The van der Waals surface area contributed by atoms with E-state index in [-0.39, 0.29) is 6.10 Å². The predicted octanol–water partition coefficient (Wildman–Crippen LogP) is 2.19. The lowest BCUT2D eigenvalue weighted by Gasteiger charge is -2.20. The van der Waals surface area contributed by atoms with E-state index in [2.05, 4.69) is 6.07 Å². The second-order valence-corrected chi connectivity index (χ2v) is 3.75. The fraction of sp³-hybridized carbons (Fsp3) is 0.400. The summed E-state index contributed by atoms with van der Waals surface area (Å²) >= 11 is 5.84. The summed E-state index contributed by atoms with van der Waals surface area (Å²) in [5.74, 6) is 0. The van der Waals surface area contributed by atoms with Crippen LogP contribution >= 0.6 is 11.6 Å². The molecular weight excluding hydrogens is 172 g/mol. The molecule has 1 N–H and O–H groups in total. The minimum atomic E-state index is -0.170. The van der Waals surface area contributed by atoms with Crippen molar-refractivity contribution < 1.29 is 5.11 Å². The van der Waals surface area contributed by atoms with Gasteiger partial charge in [-0.15, -0.1) is 0 Å². The minimum absolute atomic E-state index is 0.170. The molecule has 2 heteroatoms. The van der Waals surface area contributed by atoms with Crippen LogP contribution in [0.25, 0.3) is 0 Å². The Kier molecular flexibility index (Phi) is 2.07. The van der Waals surface area contributed by atoms with Gasteiger partial charge < -0.3 is 5.11 Å². The van der Waals surface area contributed by atoms with Crippen LogP contribution in [-0.2, 0) is 12.8 Å². The molecule has 64 valence electrons. The van der Waals surface area contributed by atoms with Gasteiger partial charge >= 0.3 is 0 Å². The number of benzene rings is 1. The number of aryl methyl sites for hydroxylation is 1. The van der Waals surface area contributed by atoms with E-state index in [1.54, 1.807) is 0 Å². The van der Waals surface area contributed by atoms with Crippen molar-refractivity contribution in [1.82, 2.24) is 0 Å². The van der Waals surface area contributed by atoms with Gasteiger partial charge in [0.2, 0.25) is 0 Å². The normalized spacial score (nSPS) is 22.0. The molecule has 1 unspecified atom stereocenters. The molecule has 0 aliphatic heterocycles. The van der Waals surface area contributed by atoms with Gasteiger partial charge in [-0.05, 0) is 42.5 Å². The van der Waals surface area contributed by atoms with Crippen LogP contribution < -0.4 is 0 Å². The highest BCUT2D eigenvalue weighted by Crippen LogP contribution is 2.24. The third-order valence-corrected chi connectivity index (χ3v) is 2.61. The van der Waals surface area contributed by atoms with Gasteiger partial charge in [0.25, 0.3) is 0 Å². The lowest BCUT2D eigenvalue weighted by molar-refractivity contribution is 0.158. The topological polar surface area (TPSA) is 20.2 Å². The summed E-state index contributed by atoms with van der Waals surface area (Å²) < 4.78 is 0. The van der Waals surface area contributed by atoms with E-state index in [1.165, 1.54) is 11.1 Å². The zero-order valence-corrected chi connectivity index (χ0v) is 7.51. The molecule has 0 heterocycles. The first-order chi connectivity index (χ1) is 5.75. The van der Waals surface area contributed by atoms with Crippen LogP contribution in [0, 0.1) is 0 Å². The molecule has 0 fully saturated rings. The Morgan fingerprint density at radius 3 is 3.00 bits per heavy atom. The van der Waals surface area contributed by atoms with Crippen molar-refractivity contribution >= 4 is 11.6 Å². The molecule has 0 saturated carbocycles. The first-order valence-corrected chi connectivity index (χ1v) is 4.59. The number of rotatable bonds is 0. The molecule has 1 aromatic carbocycles. The van der Waals surface area contributed by atoms with E-state index < -0.39 is 0 Å². The van der Waals surface area contributed by atoms with E-state index in [1.807, 2.05) is 12.1 Å². The summed E-state index contributed by atoms with van der Waals surface area (Å²) in [6, 6.07) is 5.93. The zero-order valence-electron chi connectivity index (χ0n) is 6.76. The van der Waals surface area contributed by atoms with Crippen molar-refractivity contribution in [3.8, 4) is 0 Å². The first-order valence-electron chi connectivity index (χ1n) is 4.21. The van der Waals surface area contributed by atoms with Gasteiger partial charge in [-0.1, -0.05) is 17.7 Å². The third-order valence-electron chi connectivity index (χ3n) is 2.37. The lowest BCUT2D eigenvalue weighted by Crippen LogP contribution is -2.18. The Hall–Kier alpha value is -0.530. The molecular formula is C10H11ClO. The zero-order chi connectivity index (χ0) is 8.55. The van der Waals surface area contributed by atoms with Crippen LogP contribution in [0.5, 0.6) is 0 Å². The van der Waals surface area contributed by atoms with Gasteiger partial charge in [0.15, 0.2) is 0 Å². The molecule has 0 aromatic heterocycles. The van der Waals surface area contributed by atoms with E-state index >= 15 is 0 Å². The van der Waals surface area contributed by atoms with Gasteiger partial charge in [-0.2, -0.15) is 0 Å². The molecule has 1 aromatic rings. The van der Waals surface area contributed by atoms with E-state index in [9.17, 15) is 5.11 Å². The van der Waals surface area contributed by atoms with Crippen molar-refractivity contribution in [3.05, 3.63) is 34.3 Å². The maximum absolute atomic E-state index is 9.40. The second-order valence-electron chi connectivity index (χ2n) is 3.31. The number of halogens is 1. The van der Waals surface area contributed by atoms with Crippen molar-refractivity contribution in [3.63, 3.8) is 0 Å². The molecule has 12 heavy (non-hydrogen) atoms. The van der Waals surface area contributed by atoms with Crippen LogP contribution in [-0.4, -0.2) is 11.2 Å². The fourth-order valence-electron chi connectivity index (χ4n) is 1.71. The van der Waals surface area contributed by atoms with E-state index in [0.29, 0.717) is 0 Å². The molecule has 0 spiro atoms. The number of fused-ring (bicyclic) bond motifs is 1. The van der Waals surface area contributed by atoms with Crippen molar-refractivity contribution in [2.24, 2.45) is 0 Å². The standard InChI is InChI=1S/C10H11ClO/c11-9-3-1-7-2-4-10(12)6-8(7)5-9/h1,3,5,10,12H,2,4,6H2. The number of aliphatic hydroxyl groups excluding tert-OH is 1. The quantitative estimate of drug-likeness (QED) is 0.652. The molecule has 1 aliphatic carbocycles. The second kappa shape index (κ2) is 3.08. The van der Waals surface area contributed by atoms with E-state index in [4.69, 9.17) is 11.6 Å². The van der Waals surface area contributed by atoms with Gasteiger partial charge in [0.1, 0.15) is 0 Å². The van der Waals surface area contributed by atoms with Crippen molar-refractivity contribution in [2.45, 2.75) is 25.4 Å². The molecule has 0 saturated heterocycles. The maximum Gasteiger partial charge on any atom is 0.0583 e. The summed E-state index contributed by atoms with van der Waals surface area (Å²) in [4.78, 5) is 0. The fourth-order valence-corrected chi connectivity index (χ4v) is 1.90. The van der Waals surface area contributed by atoms with Crippen molar-refractivity contribution in [1.29, 1.82) is 0 Å². The Labute approximate surface area is 77.0 Å². The highest BCUT2D eigenvalue weighted by molar-refractivity contribution is 6.30. The maximum atomic E-state index is 9.40. The predicted molar refractivity (Wildman–Crippen MR) is 49.5 cm³/mol. The summed E-state index contributed by atoms with van der Waals surface area (Å²) in [6.07, 6.45) is 2.45. The lowest BCUT2D eigenvalue weighted by atomic mass is 9.90. The molecule has 0 amide bonds. The third kappa shape index (κ3) is 1.47. The Morgan fingerprint density at radius 2 is 2.17 bits per heavy atom. The molecule has 0 radical (unpaired) electrons. The summed E-state index contributed by atoms with van der Waals surface area (Å²) in [5, 5.41) is 10.2. The first kappa shape index (κ1) is 8.09. The Morgan fingerprint density at radius 1 is 1.33 bits per heavy atom.